The number of hydrogen-bond acceptors (Lipinski definition) is 3. The van der Waals surface area contributed by atoms with E-state index in [2.05, 4.69) is 65.5 Å². The largest absolute Gasteiger partial charge is 0.486 e. The Morgan fingerprint density at radius 1 is 0.912 bits per heavy atom. The molecule has 0 fully saturated rings. The smallest absolute Gasteiger partial charge is 0.322 e. The monoisotopic (exact) mass is 451 g/mol. The van der Waals surface area contributed by atoms with Crippen LogP contribution in [0.5, 0.6) is 11.5 Å². The number of urea groups is 1. The Morgan fingerprint density at radius 2 is 1.71 bits per heavy atom. The molecule has 2 aliphatic heterocycles. The molecule has 1 atom stereocenters. The van der Waals surface area contributed by atoms with Gasteiger partial charge in [0.05, 0.1) is 18.3 Å². The number of carbonyl (C=O) groups excluding carboxylic acids is 1. The van der Waals surface area contributed by atoms with Crippen LogP contribution in [0.2, 0.25) is 0 Å². The maximum Gasteiger partial charge on any atom is 0.322 e. The second-order valence-electron chi connectivity index (χ2n) is 8.66. The number of para-hydroxylation sites is 1. The summed E-state index contributed by atoms with van der Waals surface area (Å²) in [5.41, 5.74) is 6.15. The normalized spacial score (nSPS) is 16.3. The lowest BCUT2D eigenvalue weighted by Crippen LogP contribution is -2.38. The van der Waals surface area contributed by atoms with Gasteiger partial charge in [0.25, 0.3) is 0 Å². The Morgan fingerprint density at radius 3 is 2.56 bits per heavy atom. The average Bonchev–Trinajstić information content (AvgIpc) is 3.29. The molecule has 0 aliphatic carbocycles. The zero-order chi connectivity index (χ0) is 23.1. The lowest BCUT2D eigenvalue weighted by atomic mass is 10.0. The van der Waals surface area contributed by atoms with E-state index in [0.717, 1.165) is 22.5 Å². The highest BCUT2D eigenvalue weighted by Crippen LogP contribution is 2.38. The number of amides is 2. The topological polar surface area (TPSA) is 55.7 Å². The first-order chi connectivity index (χ1) is 16.7. The number of nitrogens with one attached hydrogen (secondary N) is 1. The van der Waals surface area contributed by atoms with Crippen molar-refractivity contribution in [1.29, 1.82) is 0 Å². The van der Waals surface area contributed by atoms with Gasteiger partial charge in [0.15, 0.2) is 11.5 Å². The Bertz CT molecular complexity index is 1360. The van der Waals surface area contributed by atoms with Crippen LogP contribution in [0.1, 0.15) is 28.4 Å². The van der Waals surface area contributed by atoms with Crippen LogP contribution in [-0.4, -0.2) is 28.7 Å². The van der Waals surface area contributed by atoms with Crippen molar-refractivity contribution < 1.29 is 14.3 Å². The number of rotatable bonds is 2. The lowest BCUT2D eigenvalue weighted by Gasteiger charge is -2.31. The number of hydrogen-bond donors (Lipinski definition) is 1. The van der Waals surface area contributed by atoms with E-state index in [4.69, 9.17) is 9.47 Å². The molecule has 34 heavy (non-hydrogen) atoms. The molecule has 0 saturated heterocycles. The summed E-state index contributed by atoms with van der Waals surface area (Å²) in [6, 6.07) is 25.9. The molecular weight excluding hydrogens is 426 g/mol. The minimum Gasteiger partial charge on any atom is -0.486 e. The number of nitrogens with zero attached hydrogens (tertiary/aromatic N) is 2. The van der Waals surface area contributed by atoms with Crippen molar-refractivity contribution in [1.82, 2.24) is 9.47 Å². The van der Waals surface area contributed by atoms with Crippen molar-refractivity contribution >= 4 is 11.7 Å². The zero-order valence-electron chi connectivity index (χ0n) is 18.9. The molecule has 0 spiro atoms. The molecule has 1 N–H and O–H groups in total. The van der Waals surface area contributed by atoms with E-state index in [1.165, 1.54) is 5.56 Å². The van der Waals surface area contributed by atoms with E-state index in [9.17, 15) is 4.79 Å². The molecule has 4 aromatic rings. The van der Waals surface area contributed by atoms with Gasteiger partial charge in [-0.25, -0.2) is 4.79 Å². The van der Waals surface area contributed by atoms with Crippen molar-refractivity contribution in [2.45, 2.75) is 19.5 Å². The Hall–Kier alpha value is -4.19. The first-order valence-corrected chi connectivity index (χ1v) is 11.5. The summed E-state index contributed by atoms with van der Waals surface area (Å²) in [4.78, 5) is 15.7. The van der Waals surface area contributed by atoms with Gasteiger partial charge in [0.2, 0.25) is 0 Å². The molecule has 6 heteroatoms. The average molecular weight is 452 g/mol. The quantitative estimate of drug-likeness (QED) is 0.426. The summed E-state index contributed by atoms with van der Waals surface area (Å²) >= 11 is 0. The third-order valence-electron chi connectivity index (χ3n) is 6.41. The van der Waals surface area contributed by atoms with Crippen LogP contribution in [0.25, 0.3) is 5.69 Å². The molecule has 1 aromatic heterocycles. The molecule has 3 heterocycles. The van der Waals surface area contributed by atoms with Gasteiger partial charge < -0.3 is 24.3 Å². The van der Waals surface area contributed by atoms with Gasteiger partial charge in [-0.2, -0.15) is 0 Å². The Balaban J connectivity index is 1.42. The molecule has 0 bridgehead atoms. The van der Waals surface area contributed by atoms with Crippen LogP contribution in [0, 0.1) is 6.92 Å². The lowest BCUT2D eigenvalue weighted by molar-refractivity contribution is 0.171. The van der Waals surface area contributed by atoms with Crippen molar-refractivity contribution in [3.63, 3.8) is 0 Å². The SMILES string of the molecule is Cc1ccc(C2c3cccn3-c3ccccc3CN2C(=O)Nc2ccc3c(c2)OCCO3)cc1. The highest BCUT2D eigenvalue weighted by Gasteiger charge is 2.33. The molecule has 0 saturated carbocycles. The molecule has 170 valence electrons. The highest BCUT2D eigenvalue weighted by atomic mass is 16.6. The van der Waals surface area contributed by atoms with E-state index < -0.39 is 0 Å². The maximum absolute atomic E-state index is 13.8. The third kappa shape index (κ3) is 3.57. The van der Waals surface area contributed by atoms with Crippen LogP contribution in [0.15, 0.2) is 85.1 Å². The van der Waals surface area contributed by atoms with Gasteiger partial charge >= 0.3 is 6.03 Å². The van der Waals surface area contributed by atoms with Crippen LogP contribution < -0.4 is 14.8 Å². The predicted molar refractivity (Wildman–Crippen MR) is 131 cm³/mol. The van der Waals surface area contributed by atoms with Gasteiger partial charge in [0.1, 0.15) is 13.2 Å². The van der Waals surface area contributed by atoms with E-state index in [1.54, 1.807) is 0 Å². The van der Waals surface area contributed by atoms with E-state index in [1.807, 2.05) is 41.3 Å². The molecule has 2 amide bonds. The van der Waals surface area contributed by atoms with Gasteiger partial charge in [-0.15, -0.1) is 0 Å². The second kappa shape index (κ2) is 8.30. The Labute approximate surface area is 198 Å². The van der Waals surface area contributed by atoms with Gasteiger partial charge in [0, 0.05) is 23.6 Å². The molecule has 1 unspecified atom stereocenters. The van der Waals surface area contributed by atoms with Crippen LogP contribution in [-0.2, 0) is 6.54 Å². The fourth-order valence-electron chi connectivity index (χ4n) is 4.76. The number of aromatic nitrogens is 1. The summed E-state index contributed by atoms with van der Waals surface area (Å²) < 4.78 is 13.5. The highest BCUT2D eigenvalue weighted by molar-refractivity contribution is 5.90. The van der Waals surface area contributed by atoms with Crippen molar-refractivity contribution in [2.24, 2.45) is 0 Å². The van der Waals surface area contributed by atoms with Gasteiger partial charge in [-0.05, 0) is 48.4 Å². The van der Waals surface area contributed by atoms with Crippen molar-refractivity contribution in [3.8, 4) is 17.2 Å². The number of carbonyl (C=O) groups is 1. The summed E-state index contributed by atoms with van der Waals surface area (Å²) in [5.74, 6) is 1.34. The molecule has 6 rings (SSSR count). The maximum atomic E-state index is 13.8. The number of anilines is 1. The summed E-state index contributed by atoms with van der Waals surface area (Å²) in [5, 5.41) is 3.10. The third-order valence-corrected chi connectivity index (χ3v) is 6.41. The molecular formula is C28H25N3O3. The number of aryl methyl sites for hydroxylation is 1. The van der Waals surface area contributed by atoms with Crippen molar-refractivity contribution in [3.05, 3.63) is 107 Å². The molecule has 6 nitrogen and oxygen atoms in total. The summed E-state index contributed by atoms with van der Waals surface area (Å²) in [7, 11) is 0. The minimum atomic E-state index is -0.250. The number of fused-ring (bicyclic) bond motifs is 4. The van der Waals surface area contributed by atoms with Crippen LogP contribution >= 0.6 is 0 Å². The number of ether oxygens (including phenoxy) is 2. The standard InChI is InChI=1S/C28H25N3O3/c1-19-8-10-20(11-9-19)27-24-7-4-14-30(24)23-6-3-2-5-21(23)18-31(27)28(32)29-22-12-13-25-26(17-22)34-16-15-33-25/h2-14,17,27H,15-16,18H2,1H3,(H,29,32). The first-order valence-electron chi connectivity index (χ1n) is 11.5. The Kier molecular flexibility index (Phi) is 4.99. The fraction of sp³-hybridized carbons (Fsp3) is 0.179. The second-order valence-corrected chi connectivity index (χ2v) is 8.66. The summed E-state index contributed by atoms with van der Waals surface area (Å²) in [6.45, 7) is 3.58. The van der Waals surface area contributed by atoms with Crippen LogP contribution in [0.3, 0.4) is 0 Å². The molecule has 0 radical (unpaired) electrons. The number of benzene rings is 3. The van der Waals surface area contributed by atoms with E-state index in [0.29, 0.717) is 36.9 Å². The fourth-order valence-corrected chi connectivity index (χ4v) is 4.76. The predicted octanol–water partition coefficient (Wildman–Crippen LogP) is 5.69. The minimum absolute atomic E-state index is 0.174. The first kappa shape index (κ1) is 20.4. The van der Waals surface area contributed by atoms with Crippen LogP contribution in [0.4, 0.5) is 10.5 Å². The van der Waals surface area contributed by atoms with Gasteiger partial charge in [-0.1, -0.05) is 48.0 Å². The van der Waals surface area contributed by atoms with E-state index in [-0.39, 0.29) is 12.1 Å². The zero-order valence-corrected chi connectivity index (χ0v) is 18.9. The van der Waals surface area contributed by atoms with Crippen molar-refractivity contribution in [2.75, 3.05) is 18.5 Å². The van der Waals surface area contributed by atoms with E-state index >= 15 is 0 Å². The molecule has 3 aromatic carbocycles. The summed E-state index contributed by atoms with van der Waals surface area (Å²) in [6.07, 6.45) is 2.07. The van der Waals surface area contributed by atoms with Gasteiger partial charge in [-0.3, -0.25) is 0 Å². The molecule has 2 aliphatic rings.